The topological polar surface area (TPSA) is 59.5 Å². The third kappa shape index (κ3) is 1.68. The van der Waals surface area contributed by atoms with Gasteiger partial charge in [0, 0.05) is 5.39 Å². The average Bonchev–Trinajstić information content (AvgIpc) is 3.37. The zero-order valence-electron chi connectivity index (χ0n) is 13.2. The van der Waals surface area contributed by atoms with Gasteiger partial charge in [-0.15, -0.1) is 0 Å². The molecule has 3 aliphatic rings. The molecule has 2 amide bonds. The van der Waals surface area contributed by atoms with Crippen LogP contribution < -0.4 is 4.90 Å². The number of carbonyl (C=O) groups is 2. The molecule has 3 aromatic rings. The van der Waals surface area contributed by atoms with E-state index in [1.165, 1.54) is 16.2 Å². The smallest absolute Gasteiger partial charge is 0.242 e. The number of fused-ring (bicyclic) bond motifs is 8. The molecule has 6 heteroatoms. The Hall–Kier alpha value is -2.31. The maximum Gasteiger partial charge on any atom is 0.242 e. The van der Waals surface area contributed by atoms with Gasteiger partial charge in [0.2, 0.25) is 11.8 Å². The number of benzene rings is 2. The molecule has 3 saturated heterocycles. The van der Waals surface area contributed by atoms with E-state index in [4.69, 9.17) is 4.74 Å². The summed E-state index contributed by atoms with van der Waals surface area (Å²) in [6.45, 7) is 0. The number of nitrogens with zero attached hydrogens (tertiary/aromatic N) is 2. The summed E-state index contributed by atoms with van der Waals surface area (Å²) in [7, 11) is 0. The zero-order chi connectivity index (χ0) is 16.7. The number of aromatic nitrogens is 1. The molecule has 0 aliphatic carbocycles. The predicted octanol–water partition coefficient (Wildman–Crippen LogP) is 3.12. The van der Waals surface area contributed by atoms with Gasteiger partial charge in [0.1, 0.15) is 0 Å². The molecule has 0 saturated carbocycles. The Bertz CT molecular complexity index is 1050. The molecule has 2 aromatic carbocycles. The van der Waals surface area contributed by atoms with Crippen LogP contribution in [0.15, 0.2) is 36.4 Å². The Morgan fingerprint density at radius 3 is 2.48 bits per heavy atom. The van der Waals surface area contributed by atoms with Gasteiger partial charge >= 0.3 is 0 Å². The van der Waals surface area contributed by atoms with Crippen LogP contribution in [0.3, 0.4) is 0 Å². The first-order valence-corrected chi connectivity index (χ1v) is 9.35. The molecule has 6 rings (SSSR count). The van der Waals surface area contributed by atoms with Gasteiger partial charge in [-0.1, -0.05) is 41.7 Å². The number of rotatable bonds is 1. The molecule has 0 radical (unpaired) electrons. The molecular weight excluding hydrogens is 336 g/mol. The van der Waals surface area contributed by atoms with E-state index in [0.29, 0.717) is 5.13 Å². The van der Waals surface area contributed by atoms with E-state index in [-0.39, 0.29) is 35.9 Å². The van der Waals surface area contributed by atoms with Crippen LogP contribution >= 0.6 is 11.3 Å². The first kappa shape index (κ1) is 13.9. The standard InChI is InChI=1S/C19H14N2O3S/c22-17-14-11-6-7-12(24-11)15(14)18(23)21(17)19-20-16-10-4-2-1-3-9(10)5-8-13(16)25-19/h1-5,8,11-12,14-15H,6-7H2. The zero-order valence-corrected chi connectivity index (χ0v) is 14.0. The minimum absolute atomic E-state index is 0.0911. The molecule has 4 atom stereocenters. The van der Waals surface area contributed by atoms with Crippen LogP contribution in [0.25, 0.3) is 21.0 Å². The Kier molecular flexibility index (Phi) is 2.59. The SMILES string of the molecule is O=C1C2C3CCC(O3)C2C(=O)N1c1nc2c(ccc3ccccc32)s1. The first-order chi connectivity index (χ1) is 12.2. The van der Waals surface area contributed by atoms with E-state index in [9.17, 15) is 9.59 Å². The molecule has 0 spiro atoms. The predicted molar refractivity (Wildman–Crippen MR) is 94.5 cm³/mol. The van der Waals surface area contributed by atoms with Crippen molar-refractivity contribution < 1.29 is 14.3 Å². The van der Waals surface area contributed by atoms with Gasteiger partial charge in [-0.3, -0.25) is 9.59 Å². The number of carbonyl (C=O) groups excluding carboxylic acids is 2. The fraction of sp³-hybridized carbons (Fsp3) is 0.316. The van der Waals surface area contributed by atoms with Crippen molar-refractivity contribution in [3.63, 3.8) is 0 Å². The minimum Gasteiger partial charge on any atom is -0.373 e. The van der Waals surface area contributed by atoms with Crippen molar-refractivity contribution in [3.8, 4) is 0 Å². The summed E-state index contributed by atoms with van der Waals surface area (Å²) >= 11 is 1.41. The highest BCUT2D eigenvalue weighted by molar-refractivity contribution is 7.22. The number of imide groups is 1. The molecule has 3 fully saturated rings. The molecule has 5 nitrogen and oxygen atoms in total. The lowest BCUT2D eigenvalue weighted by Gasteiger charge is -2.14. The molecular formula is C19H14N2O3S. The Morgan fingerprint density at radius 1 is 1.00 bits per heavy atom. The van der Waals surface area contributed by atoms with Crippen molar-refractivity contribution >= 4 is 49.3 Å². The molecule has 25 heavy (non-hydrogen) atoms. The van der Waals surface area contributed by atoms with E-state index in [2.05, 4.69) is 11.1 Å². The summed E-state index contributed by atoms with van der Waals surface area (Å²) in [6, 6.07) is 12.1. The molecule has 124 valence electrons. The van der Waals surface area contributed by atoms with Gasteiger partial charge in [-0.25, -0.2) is 9.88 Å². The largest absolute Gasteiger partial charge is 0.373 e. The third-order valence-corrected chi connectivity index (χ3v) is 6.75. The van der Waals surface area contributed by atoms with Gasteiger partial charge in [-0.05, 0) is 24.3 Å². The van der Waals surface area contributed by atoms with E-state index < -0.39 is 0 Å². The van der Waals surface area contributed by atoms with E-state index >= 15 is 0 Å². The highest BCUT2D eigenvalue weighted by atomic mass is 32.1. The molecule has 1 aromatic heterocycles. The van der Waals surface area contributed by atoms with Crippen molar-refractivity contribution in [2.75, 3.05) is 4.90 Å². The molecule has 3 aliphatic heterocycles. The summed E-state index contributed by atoms with van der Waals surface area (Å²) in [4.78, 5) is 31.8. The number of hydrogen-bond acceptors (Lipinski definition) is 5. The lowest BCUT2D eigenvalue weighted by Crippen LogP contribution is -2.34. The fourth-order valence-corrected chi connectivity index (χ4v) is 5.64. The van der Waals surface area contributed by atoms with Gasteiger partial charge in [0.05, 0.1) is 34.3 Å². The normalized spacial score (nSPS) is 30.8. The molecule has 0 N–H and O–H groups in total. The third-order valence-electron chi connectivity index (χ3n) is 5.75. The van der Waals surface area contributed by atoms with E-state index in [1.807, 2.05) is 30.3 Å². The second-order valence-electron chi connectivity index (χ2n) is 6.98. The summed E-state index contributed by atoms with van der Waals surface area (Å²) in [5.41, 5.74) is 0.856. The second kappa shape index (κ2) is 4.65. The van der Waals surface area contributed by atoms with Crippen molar-refractivity contribution in [1.82, 2.24) is 4.98 Å². The molecule has 2 bridgehead atoms. The van der Waals surface area contributed by atoms with Crippen LogP contribution in [0.4, 0.5) is 5.13 Å². The summed E-state index contributed by atoms with van der Waals surface area (Å²) in [6.07, 6.45) is 1.57. The highest BCUT2D eigenvalue weighted by Gasteiger charge is 2.63. The number of amides is 2. The van der Waals surface area contributed by atoms with Crippen LogP contribution in [0.2, 0.25) is 0 Å². The van der Waals surface area contributed by atoms with Crippen LogP contribution in [-0.4, -0.2) is 29.0 Å². The maximum absolute atomic E-state index is 12.9. The lowest BCUT2D eigenvalue weighted by atomic mass is 9.81. The quantitative estimate of drug-likeness (QED) is 0.633. The van der Waals surface area contributed by atoms with Gasteiger partial charge < -0.3 is 4.74 Å². The van der Waals surface area contributed by atoms with Gasteiger partial charge in [0.25, 0.3) is 0 Å². The van der Waals surface area contributed by atoms with Crippen molar-refractivity contribution in [2.45, 2.75) is 25.0 Å². The summed E-state index contributed by atoms with van der Waals surface area (Å²) in [5, 5.41) is 2.65. The Morgan fingerprint density at radius 2 is 1.72 bits per heavy atom. The highest BCUT2D eigenvalue weighted by Crippen LogP contribution is 2.50. The maximum atomic E-state index is 12.9. The monoisotopic (exact) mass is 350 g/mol. The average molecular weight is 350 g/mol. The van der Waals surface area contributed by atoms with Gasteiger partial charge in [0.15, 0.2) is 5.13 Å². The van der Waals surface area contributed by atoms with Crippen LogP contribution in [-0.2, 0) is 14.3 Å². The number of hydrogen-bond donors (Lipinski definition) is 0. The van der Waals surface area contributed by atoms with E-state index in [1.54, 1.807) is 0 Å². The fourth-order valence-electron chi connectivity index (χ4n) is 4.65. The first-order valence-electron chi connectivity index (χ1n) is 8.54. The molecule has 4 heterocycles. The number of ether oxygens (including phenoxy) is 1. The second-order valence-corrected chi connectivity index (χ2v) is 7.99. The number of anilines is 1. The van der Waals surface area contributed by atoms with Crippen LogP contribution in [0.1, 0.15) is 12.8 Å². The van der Waals surface area contributed by atoms with Crippen molar-refractivity contribution in [3.05, 3.63) is 36.4 Å². The van der Waals surface area contributed by atoms with Crippen molar-refractivity contribution in [2.24, 2.45) is 11.8 Å². The Labute approximate surface area is 147 Å². The van der Waals surface area contributed by atoms with Crippen LogP contribution in [0.5, 0.6) is 0 Å². The summed E-state index contributed by atoms with van der Waals surface area (Å²) in [5.74, 6) is -0.888. The summed E-state index contributed by atoms with van der Waals surface area (Å²) < 4.78 is 6.79. The van der Waals surface area contributed by atoms with Crippen molar-refractivity contribution in [1.29, 1.82) is 0 Å². The minimum atomic E-state index is -0.310. The van der Waals surface area contributed by atoms with Crippen LogP contribution in [0, 0.1) is 11.8 Å². The molecule has 4 unspecified atom stereocenters. The lowest BCUT2D eigenvalue weighted by molar-refractivity contribution is -0.124. The van der Waals surface area contributed by atoms with Gasteiger partial charge in [-0.2, -0.15) is 0 Å². The Balaban J connectivity index is 1.50. The van der Waals surface area contributed by atoms with E-state index in [0.717, 1.165) is 33.8 Å². The number of thiazole rings is 1.